The van der Waals surface area contributed by atoms with Gasteiger partial charge in [-0.25, -0.2) is 0 Å². The molecule has 12 heteroatoms. The molecule has 1 aromatic heterocycles. The molecule has 0 radical (unpaired) electrons. The van der Waals surface area contributed by atoms with Crippen molar-refractivity contribution in [3.8, 4) is 10.4 Å². The zero-order chi connectivity index (χ0) is 20.4. The zero-order valence-electron chi connectivity index (χ0n) is 13.1. The first-order chi connectivity index (χ1) is 12.4. The fourth-order valence-corrected chi connectivity index (χ4v) is 4.33. The van der Waals surface area contributed by atoms with Crippen LogP contribution in [0.5, 0.6) is 0 Å². The molecule has 27 heavy (non-hydrogen) atoms. The van der Waals surface area contributed by atoms with Gasteiger partial charge in [0.15, 0.2) is 9.58 Å². The number of hydrogen-bond donors (Lipinski definition) is 0. The van der Waals surface area contributed by atoms with E-state index in [0.717, 1.165) is 0 Å². The Kier molecular flexibility index (Phi) is 5.78. The van der Waals surface area contributed by atoms with E-state index in [4.69, 9.17) is 0 Å². The molecule has 1 atom stereocenters. The van der Waals surface area contributed by atoms with E-state index in [1.54, 1.807) is 18.2 Å². The molecular weight excluding hydrogens is 402 g/mol. The highest BCUT2D eigenvalue weighted by molar-refractivity contribution is 7.41. The van der Waals surface area contributed by atoms with E-state index in [9.17, 15) is 40.5 Å². The van der Waals surface area contributed by atoms with Gasteiger partial charge in [-0.05, 0) is 18.2 Å². The SMILES string of the molecule is F[B-](F)(F)F.O=[N+]([O-])c1ccccc1-c1cc2ccccc2[s+]1C(F)(F)F. The summed E-state index contributed by atoms with van der Waals surface area (Å²) in [7, 11) is -8.18. The average Bonchev–Trinajstić information content (AvgIpc) is 2.92. The molecule has 0 saturated heterocycles. The molecule has 0 aliphatic heterocycles. The minimum Gasteiger partial charge on any atom is -0.418 e. The number of nitro groups is 1. The number of halogens is 7. The van der Waals surface area contributed by atoms with Crippen molar-refractivity contribution < 1.29 is 35.4 Å². The number of nitrogens with zero attached hydrogens (tertiary/aromatic N) is 1. The third-order valence-corrected chi connectivity index (χ3v) is 5.30. The number of para-hydroxylation sites is 1. The minimum absolute atomic E-state index is 0.0179. The van der Waals surface area contributed by atoms with Crippen molar-refractivity contribution in [1.82, 2.24) is 0 Å². The topological polar surface area (TPSA) is 43.1 Å². The Hall–Kier alpha value is -2.63. The first-order valence-electron chi connectivity index (χ1n) is 7.12. The second-order valence-corrected chi connectivity index (χ2v) is 7.02. The van der Waals surface area contributed by atoms with Gasteiger partial charge in [-0.2, -0.15) is 0 Å². The van der Waals surface area contributed by atoms with E-state index in [1.165, 1.54) is 36.4 Å². The van der Waals surface area contributed by atoms with Crippen LogP contribution in [0.3, 0.4) is 0 Å². The summed E-state index contributed by atoms with van der Waals surface area (Å²) in [6, 6.07) is 13.1. The van der Waals surface area contributed by atoms with Crippen LogP contribution < -0.4 is 0 Å². The summed E-state index contributed by atoms with van der Waals surface area (Å²) < 4.78 is 79.7. The number of alkyl halides is 3. The summed E-state index contributed by atoms with van der Waals surface area (Å²) in [6.45, 7) is 0. The molecule has 0 saturated carbocycles. The number of thiophene rings is 1. The molecule has 0 aliphatic rings. The van der Waals surface area contributed by atoms with Crippen LogP contribution in [0.1, 0.15) is 0 Å². The Morgan fingerprint density at radius 3 is 2.00 bits per heavy atom. The van der Waals surface area contributed by atoms with E-state index >= 15 is 0 Å². The van der Waals surface area contributed by atoms with Crippen LogP contribution in [0.25, 0.3) is 20.5 Å². The molecule has 3 aromatic rings. The highest BCUT2D eigenvalue weighted by Crippen LogP contribution is 2.55. The van der Waals surface area contributed by atoms with Gasteiger partial charge in [0.05, 0.1) is 4.92 Å². The van der Waals surface area contributed by atoms with Crippen LogP contribution in [0.15, 0.2) is 54.6 Å². The van der Waals surface area contributed by atoms with Crippen LogP contribution in [0.2, 0.25) is 0 Å². The van der Waals surface area contributed by atoms with E-state index in [2.05, 4.69) is 0 Å². The Morgan fingerprint density at radius 1 is 0.926 bits per heavy atom. The van der Waals surface area contributed by atoms with Crippen molar-refractivity contribution in [2.24, 2.45) is 0 Å². The van der Waals surface area contributed by atoms with Crippen LogP contribution >= 0.6 is 10.5 Å². The maximum absolute atomic E-state index is 13.5. The van der Waals surface area contributed by atoms with E-state index in [0.29, 0.717) is 5.39 Å². The highest BCUT2D eigenvalue weighted by Gasteiger charge is 2.49. The summed E-state index contributed by atoms with van der Waals surface area (Å²) in [4.78, 5) is 10.4. The van der Waals surface area contributed by atoms with Crippen molar-refractivity contribution in [2.75, 3.05) is 0 Å². The minimum atomic E-state index is -6.00. The lowest BCUT2D eigenvalue weighted by Crippen LogP contribution is -2.02. The van der Waals surface area contributed by atoms with Gasteiger partial charge in [0, 0.05) is 17.5 Å². The molecule has 0 aliphatic carbocycles. The Balaban J connectivity index is 0.000000465. The van der Waals surface area contributed by atoms with Crippen LogP contribution in [0.4, 0.5) is 36.1 Å². The fourth-order valence-electron chi connectivity index (χ4n) is 2.38. The summed E-state index contributed by atoms with van der Waals surface area (Å²) in [6.07, 6.45) is 0. The molecule has 3 nitrogen and oxygen atoms in total. The van der Waals surface area contributed by atoms with Crippen LogP contribution in [-0.4, -0.2) is 12.2 Å². The standard InChI is InChI=1S/C15H9F3NO2S.BF4/c16-15(17,18)22-13-8-4-1-5-10(13)9-14(22)11-6-2-3-7-12(11)19(20)21;2-1(3,4)5/h1-9H;/q+1;-1. The van der Waals surface area contributed by atoms with Gasteiger partial charge in [0.25, 0.3) is 5.69 Å². The largest absolute Gasteiger partial charge is 0.673 e. The van der Waals surface area contributed by atoms with Gasteiger partial charge in [-0.3, -0.25) is 10.1 Å². The molecule has 144 valence electrons. The molecule has 0 bridgehead atoms. The zero-order valence-corrected chi connectivity index (χ0v) is 13.9. The van der Waals surface area contributed by atoms with Gasteiger partial charge in [-0.15, -0.1) is 13.2 Å². The maximum Gasteiger partial charge on any atom is 0.673 e. The maximum atomic E-state index is 13.5. The number of benzene rings is 2. The first-order valence-corrected chi connectivity index (χ1v) is 8.35. The second-order valence-electron chi connectivity index (χ2n) is 5.07. The fraction of sp³-hybridized carbons (Fsp3) is 0.0667. The lowest BCUT2D eigenvalue weighted by Gasteiger charge is -2.01. The summed E-state index contributed by atoms with van der Waals surface area (Å²) >= 11 is 0. The first kappa shape index (κ1) is 20.7. The molecule has 1 unspecified atom stereocenters. The Bertz CT molecular complexity index is 963. The summed E-state index contributed by atoms with van der Waals surface area (Å²) in [5.74, 6) is 0. The quantitative estimate of drug-likeness (QED) is 0.151. The van der Waals surface area contributed by atoms with Crippen LogP contribution in [-0.2, 0) is 5.51 Å². The van der Waals surface area contributed by atoms with Crippen molar-refractivity contribution in [3.05, 3.63) is 64.7 Å². The number of fused-ring (bicyclic) bond motifs is 1. The third-order valence-electron chi connectivity index (χ3n) is 3.24. The number of hydrogen-bond acceptors (Lipinski definition) is 2. The smallest absolute Gasteiger partial charge is 0.418 e. The third kappa shape index (κ3) is 5.19. The molecule has 0 amide bonds. The van der Waals surface area contributed by atoms with Gasteiger partial charge in [-0.1, -0.05) is 24.3 Å². The molecule has 1 heterocycles. The van der Waals surface area contributed by atoms with E-state index < -0.39 is 28.2 Å². The van der Waals surface area contributed by atoms with Crippen molar-refractivity contribution in [2.45, 2.75) is 5.51 Å². The van der Waals surface area contributed by atoms with Crippen LogP contribution in [0, 0.1) is 10.1 Å². The van der Waals surface area contributed by atoms with E-state index in [-0.39, 0.29) is 20.8 Å². The summed E-state index contributed by atoms with van der Waals surface area (Å²) in [5.41, 5.74) is -4.78. The lowest BCUT2D eigenvalue weighted by atomic mass is 10.1. The number of rotatable bonds is 2. The molecular formula is C15H9BF7NO2S. The summed E-state index contributed by atoms with van der Waals surface area (Å²) in [5, 5.41) is 11.6. The molecule has 0 fully saturated rings. The lowest BCUT2D eigenvalue weighted by molar-refractivity contribution is -0.384. The van der Waals surface area contributed by atoms with Gasteiger partial charge in [0.1, 0.15) is 16.0 Å². The van der Waals surface area contributed by atoms with Gasteiger partial charge >= 0.3 is 12.8 Å². The van der Waals surface area contributed by atoms with E-state index in [1.807, 2.05) is 0 Å². The molecule has 0 N–H and O–H groups in total. The molecule has 3 rings (SSSR count). The molecule has 2 aromatic carbocycles. The van der Waals surface area contributed by atoms with Crippen molar-refractivity contribution in [3.63, 3.8) is 0 Å². The monoisotopic (exact) mass is 411 g/mol. The normalized spacial score (nSPS) is 12.5. The van der Waals surface area contributed by atoms with Crippen molar-refractivity contribution in [1.29, 1.82) is 0 Å². The second kappa shape index (κ2) is 7.55. The Morgan fingerprint density at radius 2 is 1.44 bits per heavy atom. The highest BCUT2D eigenvalue weighted by atomic mass is 32.2. The predicted octanol–water partition coefficient (Wildman–Crippen LogP) is 6.94. The predicted molar refractivity (Wildman–Crippen MR) is 90.0 cm³/mol. The van der Waals surface area contributed by atoms with Crippen molar-refractivity contribution >= 4 is 33.5 Å². The number of nitro benzene ring substituents is 1. The molecule has 0 spiro atoms. The Labute approximate surface area is 150 Å². The van der Waals surface area contributed by atoms with Gasteiger partial charge in [0.2, 0.25) is 0 Å². The average molecular weight is 411 g/mol. The van der Waals surface area contributed by atoms with Gasteiger partial charge < -0.3 is 17.3 Å².